The molecule has 0 spiro atoms. The minimum Gasteiger partial charge on any atom is -0.418 e. The summed E-state index contributed by atoms with van der Waals surface area (Å²) in [6.45, 7) is 7.41. The molecule has 3 heterocycles. The first-order valence-corrected chi connectivity index (χ1v) is 9.97. The topological polar surface area (TPSA) is 62.5 Å². The zero-order chi connectivity index (χ0) is 18.8. The van der Waals surface area contributed by atoms with Gasteiger partial charge < -0.3 is 9.32 Å². The molecule has 0 bridgehead atoms. The summed E-state index contributed by atoms with van der Waals surface area (Å²) in [6.07, 6.45) is 0. The molecule has 4 rings (SSSR count). The number of ketones is 1. The van der Waals surface area contributed by atoms with Gasteiger partial charge in [-0.3, -0.25) is 9.69 Å². The number of Topliss-reactive ketones (excluding diaryl/α,β-unsaturated/α-hetero) is 1. The Hall–Kier alpha value is -2.51. The third kappa shape index (κ3) is 3.79. The van der Waals surface area contributed by atoms with Crippen LogP contribution in [-0.4, -0.2) is 47.1 Å². The normalized spacial score (nSPS) is 16.4. The Balaban J connectivity index is 1.38. The minimum atomic E-state index is 0.0912. The Kier molecular flexibility index (Phi) is 5.05. The number of carbonyl (C=O) groups excluding carboxylic acids is 1. The summed E-state index contributed by atoms with van der Waals surface area (Å²) in [6, 6.07) is 11.9. The van der Waals surface area contributed by atoms with E-state index in [0.717, 1.165) is 42.3 Å². The first kappa shape index (κ1) is 17.9. The van der Waals surface area contributed by atoms with Crippen LogP contribution in [0.4, 0.5) is 5.69 Å². The minimum absolute atomic E-state index is 0.0912. The van der Waals surface area contributed by atoms with Crippen molar-refractivity contribution in [3.63, 3.8) is 0 Å². The smallest absolute Gasteiger partial charge is 0.257 e. The van der Waals surface area contributed by atoms with E-state index in [2.05, 4.69) is 26.9 Å². The summed E-state index contributed by atoms with van der Waals surface area (Å²) in [5.74, 6) is 1.36. The molecule has 1 aliphatic rings. The van der Waals surface area contributed by atoms with E-state index in [-0.39, 0.29) is 11.8 Å². The number of piperazine rings is 1. The fourth-order valence-corrected chi connectivity index (χ4v) is 3.98. The maximum absolute atomic E-state index is 11.4. The molecule has 7 heteroatoms. The van der Waals surface area contributed by atoms with Crippen LogP contribution < -0.4 is 4.90 Å². The molecule has 6 nitrogen and oxygen atoms in total. The third-order valence-electron chi connectivity index (χ3n) is 5.03. The number of anilines is 1. The van der Waals surface area contributed by atoms with E-state index in [1.54, 1.807) is 18.3 Å². The molecule has 0 unspecified atom stereocenters. The molecule has 1 fully saturated rings. The Morgan fingerprint density at radius 2 is 1.85 bits per heavy atom. The second-order valence-corrected chi connectivity index (χ2v) is 7.67. The SMILES string of the molecule is CC(=O)c1ccc(N2CCN([C@@H](C)c3nnc(-c4cccs4)o3)CC2)cc1. The van der Waals surface area contributed by atoms with Gasteiger partial charge in [-0.05, 0) is 49.6 Å². The van der Waals surface area contributed by atoms with Gasteiger partial charge >= 0.3 is 0 Å². The van der Waals surface area contributed by atoms with Crippen molar-refractivity contribution in [3.05, 3.63) is 53.2 Å². The van der Waals surface area contributed by atoms with E-state index < -0.39 is 0 Å². The first-order valence-electron chi connectivity index (χ1n) is 9.09. The highest BCUT2D eigenvalue weighted by Gasteiger charge is 2.26. The number of nitrogens with zero attached hydrogens (tertiary/aromatic N) is 4. The molecule has 0 aliphatic carbocycles. The fourth-order valence-electron chi connectivity index (χ4n) is 3.33. The number of carbonyl (C=O) groups is 1. The second kappa shape index (κ2) is 7.62. The van der Waals surface area contributed by atoms with Crippen LogP contribution in [0.25, 0.3) is 10.8 Å². The van der Waals surface area contributed by atoms with Gasteiger partial charge in [0.2, 0.25) is 5.89 Å². The zero-order valence-electron chi connectivity index (χ0n) is 15.5. The van der Waals surface area contributed by atoms with Gasteiger partial charge in [0, 0.05) is 37.4 Å². The largest absolute Gasteiger partial charge is 0.418 e. The molecule has 3 aromatic rings. The molecule has 1 aromatic carbocycles. The Morgan fingerprint density at radius 1 is 1.11 bits per heavy atom. The summed E-state index contributed by atoms with van der Waals surface area (Å²) in [4.78, 5) is 17.1. The Bertz CT molecular complexity index is 896. The molecule has 0 N–H and O–H groups in total. The predicted molar refractivity (Wildman–Crippen MR) is 106 cm³/mol. The van der Waals surface area contributed by atoms with Crippen LogP contribution in [0.1, 0.15) is 36.1 Å². The van der Waals surface area contributed by atoms with Gasteiger partial charge in [0.15, 0.2) is 5.78 Å². The number of thiophene rings is 1. The Morgan fingerprint density at radius 3 is 2.48 bits per heavy atom. The molecule has 27 heavy (non-hydrogen) atoms. The van der Waals surface area contributed by atoms with E-state index in [0.29, 0.717) is 11.8 Å². The van der Waals surface area contributed by atoms with Crippen LogP contribution in [0, 0.1) is 0 Å². The van der Waals surface area contributed by atoms with Gasteiger partial charge in [-0.25, -0.2) is 0 Å². The second-order valence-electron chi connectivity index (χ2n) is 6.72. The third-order valence-corrected chi connectivity index (χ3v) is 5.89. The highest BCUT2D eigenvalue weighted by molar-refractivity contribution is 7.13. The zero-order valence-corrected chi connectivity index (χ0v) is 16.3. The number of hydrogen-bond acceptors (Lipinski definition) is 7. The number of hydrogen-bond donors (Lipinski definition) is 0. The first-order chi connectivity index (χ1) is 13.1. The Labute approximate surface area is 162 Å². The standard InChI is InChI=1S/C20H22N4O2S/c1-14(19-21-22-20(26-19)18-4-3-13-27-18)23-9-11-24(12-10-23)17-7-5-16(6-8-17)15(2)25/h3-8,13-14H,9-12H2,1-2H3/t14-/m0/s1. The molecule has 1 saturated heterocycles. The van der Waals surface area contributed by atoms with Gasteiger partial charge in [-0.15, -0.1) is 21.5 Å². The summed E-state index contributed by atoms with van der Waals surface area (Å²) >= 11 is 1.60. The lowest BCUT2D eigenvalue weighted by atomic mass is 10.1. The molecule has 0 radical (unpaired) electrons. The van der Waals surface area contributed by atoms with Crippen molar-refractivity contribution in [2.75, 3.05) is 31.1 Å². The molecule has 1 atom stereocenters. The average Bonchev–Trinajstić information content (AvgIpc) is 3.39. The van der Waals surface area contributed by atoms with Crippen molar-refractivity contribution in [2.24, 2.45) is 0 Å². The van der Waals surface area contributed by atoms with Gasteiger partial charge in [0.05, 0.1) is 10.9 Å². The maximum Gasteiger partial charge on any atom is 0.257 e. The van der Waals surface area contributed by atoms with Crippen molar-refractivity contribution in [1.29, 1.82) is 0 Å². The molecular weight excluding hydrogens is 360 g/mol. The lowest BCUT2D eigenvalue weighted by Crippen LogP contribution is -2.47. The monoisotopic (exact) mass is 382 g/mol. The lowest BCUT2D eigenvalue weighted by molar-refractivity contribution is 0.101. The van der Waals surface area contributed by atoms with Crippen molar-refractivity contribution in [1.82, 2.24) is 15.1 Å². The quantitative estimate of drug-likeness (QED) is 0.624. The van der Waals surface area contributed by atoms with Gasteiger partial charge in [0.1, 0.15) is 0 Å². The summed E-state index contributed by atoms with van der Waals surface area (Å²) in [7, 11) is 0. The van der Waals surface area contributed by atoms with E-state index in [9.17, 15) is 4.79 Å². The van der Waals surface area contributed by atoms with Crippen molar-refractivity contribution >= 4 is 22.8 Å². The highest BCUT2D eigenvalue weighted by atomic mass is 32.1. The van der Waals surface area contributed by atoms with Crippen molar-refractivity contribution in [2.45, 2.75) is 19.9 Å². The number of benzene rings is 1. The van der Waals surface area contributed by atoms with Crippen LogP contribution in [0.5, 0.6) is 0 Å². The van der Waals surface area contributed by atoms with E-state index in [4.69, 9.17) is 4.42 Å². The summed E-state index contributed by atoms with van der Waals surface area (Å²) < 4.78 is 5.89. The van der Waals surface area contributed by atoms with Crippen LogP contribution in [-0.2, 0) is 0 Å². The lowest BCUT2D eigenvalue weighted by Gasteiger charge is -2.38. The summed E-state index contributed by atoms with van der Waals surface area (Å²) in [5.41, 5.74) is 1.91. The van der Waals surface area contributed by atoms with Gasteiger partial charge in [-0.2, -0.15) is 0 Å². The highest BCUT2D eigenvalue weighted by Crippen LogP contribution is 2.28. The fraction of sp³-hybridized carbons (Fsp3) is 0.350. The predicted octanol–water partition coefficient (Wildman–Crippen LogP) is 3.88. The molecular formula is C20H22N4O2S. The van der Waals surface area contributed by atoms with Gasteiger partial charge in [0.25, 0.3) is 5.89 Å². The molecule has 1 aliphatic heterocycles. The van der Waals surface area contributed by atoms with Crippen molar-refractivity contribution < 1.29 is 9.21 Å². The van der Waals surface area contributed by atoms with E-state index in [1.165, 1.54) is 0 Å². The van der Waals surface area contributed by atoms with Crippen LogP contribution in [0.3, 0.4) is 0 Å². The van der Waals surface area contributed by atoms with Crippen LogP contribution >= 0.6 is 11.3 Å². The molecule has 2 aromatic heterocycles. The van der Waals surface area contributed by atoms with Gasteiger partial charge in [-0.1, -0.05) is 6.07 Å². The molecule has 0 amide bonds. The van der Waals surface area contributed by atoms with E-state index in [1.807, 2.05) is 41.8 Å². The van der Waals surface area contributed by atoms with Crippen LogP contribution in [0.2, 0.25) is 0 Å². The molecule has 0 saturated carbocycles. The number of aromatic nitrogens is 2. The van der Waals surface area contributed by atoms with Crippen LogP contribution in [0.15, 0.2) is 46.2 Å². The number of rotatable bonds is 5. The summed E-state index contributed by atoms with van der Waals surface area (Å²) in [5, 5.41) is 10.4. The van der Waals surface area contributed by atoms with E-state index >= 15 is 0 Å². The maximum atomic E-state index is 11.4. The van der Waals surface area contributed by atoms with Crippen molar-refractivity contribution in [3.8, 4) is 10.8 Å². The average molecular weight is 382 g/mol. The molecule has 140 valence electrons.